The summed E-state index contributed by atoms with van der Waals surface area (Å²) in [6, 6.07) is 0. The molecule has 1 aliphatic carbocycles. The van der Waals surface area contributed by atoms with Crippen LogP contribution in [0.2, 0.25) is 8.87 Å². The fourth-order valence-electron chi connectivity index (χ4n) is 1.02. The molecule has 0 spiro atoms. The van der Waals surface area contributed by atoms with E-state index in [2.05, 4.69) is 11.4 Å². The minimum Gasteiger partial charge on any atom is 0 e. The summed E-state index contributed by atoms with van der Waals surface area (Å²) in [5.41, 5.74) is 0. The summed E-state index contributed by atoms with van der Waals surface area (Å²) in [6.07, 6.45) is 6.86. The van der Waals surface area contributed by atoms with E-state index in [1.165, 1.54) is 23.2 Å². The van der Waals surface area contributed by atoms with E-state index >= 15 is 0 Å². The average Bonchev–Trinajstić information content (AvgIpc) is 2.14. The van der Waals surface area contributed by atoms with Crippen molar-refractivity contribution in [2.45, 2.75) is 28.1 Å². The van der Waals surface area contributed by atoms with E-state index in [1.54, 1.807) is 0 Å². The topological polar surface area (TPSA) is 0 Å². The molecule has 2 radical (unpaired) electrons. The van der Waals surface area contributed by atoms with Crippen molar-refractivity contribution >= 4 is 21.1 Å². The molecule has 1 rings (SSSR count). The van der Waals surface area contributed by atoms with Gasteiger partial charge in [0.25, 0.3) is 0 Å². The van der Waals surface area contributed by atoms with Crippen molar-refractivity contribution in [1.29, 1.82) is 0 Å². The van der Waals surface area contributed by atoms with Gasteiger partial charge in [-0.15, -0.1) is 0 Å². The predicted octanol–water partition coefficient (Wildman–Crippen LogP) is 2.37. The van der Waals surface area contributed by atoms with Crippen molar-refractivity contribution in [3.05, 3.63) is 13.8 Å². The number of rotatable bonds is 1. The van der Waals surface area contributed by atoms with Gasteiger partial charge in [-0.3, -0.25) is 0 Å². The van der Waals surface area contributed by atoms with Crippen LogP contribution in [0.4, 0.5) is 0 Å². The van der Waals surface area contributed by atoms with Gasteiger partial charge in [0, 0.05) is 40.4 Å². The summed E-state index contributed by atoms with van der Waals surface area (Å²) >= 11 is 0.129. The Morgan fingerprint density at radius 3 is 2.44 bits per heavy atom. The summed E-state index contributed by atoms with van der Waals surface area (Å²) in [7, 11) is 0. The molecule has 0 heterocycles. The Balaban J connectivity index is 0. The zero-order valence-electron chi connectivity index (χ0n) is 6.18. The molecule has 0 saturated heterocycles. The van der Waals surface area contributed by atoms with Gasteiger partial charge in [0.2, 0.25) is 0 Å². The van der Waals surface area contributed by atoms with Crippen LogP contribution in [0, 0.1) is 54.2 Å². The fraction of sp³-hybridized carbons (Fsp3) is 0.714. The second-order valence-corrected chi connectivity index (χ2v) is 6.07. The van der Waals surface area contributed by atoms with E-state index in [1.807, 2.05) is 0 Å². The first-order chi connectivity index (χ1) is 3.43. The first kappa shape index (κ1) is 13.7. The van der Waals surface area contributed by atoms with Crippen LogP contribution >= 0.6 is 0 Å². The van der Waals surface area contributed by atoms with Crippen LogP contribution in [0.25, 0.3) is 0 Å². The van der Waals surface area contributed by atoms with E-state index in [0.29, 0.717) is 0 Å². The Morgan fingerprint density at radius 1 is 1.56 bits per heavy atom. The third-order valence-corrected chi connectivity index (χ3v) is 5.41. The standard InChI is InChI=1S/C5H8.2CH3.Sm.Sn/c1-2-4-5-3-1;;;;/h1,4H,2-3,5H2;2*1H3;;/q-1;;-1;;. The molecule has 9 heavy (non-hydrogen) atoms. The molecule has 0 N–H and O–H groups in total. The third kappa shape index (κ3) is 5.41. The van der Waals surface area contributed by atoms with Gasteiger partial charge in [-0.05, 0) is 0 Å². The summed E-state index contributed by atoms with van der Waals surface area (Å²) in [5.74, 6) is 0. The van der Waals surface area contributed by atoms with Gasteiger partial charge < -0.3 is 7.43 Å². The Morgan fingerprint density at radius 2 is 2.22 bits per heavy atom. The first-order valence-corrected chi connectivity index (χ1v) is 7.42. The fourth-order valence-corrected chi connectivity index (χ4v) is 3.47. The van der Waals surface area contributed by atoms with Crippen molar-refractivity contribution in [3.63, 3.8) is 0 Å². The van der Waals surface area contributed by atoms with E-state index in [0.717, 1.165) is 0 Å². The summed E-state index contributed by atoms with van der Waals surface area (Å²) in [6.45, 7) is 0. The van der Waals surface area contributed by atoms with E-state index < -0.39 is 0 Å². The molecule has 54 valence electrons. The molecule has 0 aromatic carbocycles. The van der Waals surface area contributed by atoms with E-state index in [-0.39, 0.29) is 69.0 Å². The Labute approximate surface area is 102 Å². The van der Waals surface area contributed by atoms with Crippen LogP contribution in [-0.4, -0.2) is 21.1 Å². The van der Waals surface area contributed by atoms with Crippen molar-refractivity contribution in [3.8, 4) is 0 Å². The SMILES string of the molecule is [CH3-].[CH3][Sn][CH]1C[CH-]CC1.[Sm]. The van der Waals surface area contributed by atoms with Crippen LogP contribution in [-0.2, 0) is 0 Å². The normalized spacial score (nSPS) is 24.3. The molecule has 0 nitrogen and oxygen atoms in total. The quantitative estimate of drug-likeness (QED) is 0.493. The van der Waals surface area contributed by atoms with E-state index in [9.17, 15) is 0 Å². The van der Waals surface area contributed by atoms with Crippen molar-refractivity contribution in [1.82, 2.24) is 0 Å². The molecular formula is C7H14SmSn-2. The van der Waals surface area contributed by atoms with Gasteiger partial charge in [-0.2, -0.15) is 0 Å². The van der Waals surface area contributed by atoms with Crippen LogP contribution in [0.1, 0.15) is 19.3 Å². The minimum absolute atomic E-state index is 0. The summed E-state index contributed by atoms with van der Waals surface area (Å²) in [4.78, 5) is 2.45. The maximum Gasteiger partial charge on any atom is 0 e. The molecule has 1 atom stereocenters. The third-order valence-electron chi connectivity index (χ3n) is 1.58. The van der Waals surface area contributed by atoms with Crippen LogP contribution in [0.5, 0.6) is 0 Å². The Hall–Kier alpha value is 2.14. The average molecular weight is 367 g/mol. The van der Waals surface area contributed by atoms with Crippen molar-refractivity contribution < 1.29 is 40.4 Å². The molecule has 0 amide bonds. The molecule has 1 saturated carbocycles. The zero-order valence-corrected chi connectivity index (χ0v) is 11.7. The van der Waals surface area contributed by atoms with Gasteiger partial charge >= 0.3 is 55.7 Å². The zero-order chi connectivity index (χ0) is 5.11. The van der Waals surface area contributed by atoms with Gasteiger partial charge in [-0.25, -0.2) is 0 Å². The molecule has 0 aliphatic heterocycles. The maximum atomic E-state index is 2.45. The first-order valence-electron chi connectivity index (χ1n) is 2.92. The smallest absolute Gasteiger partial charge is 0 e. The molecule has 1 fully saturated rings. The molecule has 1 aliphatic rings. The maximum absolute atomic E-state index is 2.45. The predicted molar refractivity (Wildman–Crippen MR) is 39.9 cm³/mol. The molecule has 0 aromatic heterocycles. The van der Waals surface area contributed by atoms with Crippen LogP contribution in [0.3, 0.4) is 0 Å². The van der Waals surface area contributed by atoms with Gasteiger partial charge in [0.1, 0.15) is 0 Å². The Kier molecular flexibility index (Phi) is 12.5. The van der Waals surface area contributed by atoms with Crippen molar-refractivity contribution in [2.75, 3.05) is 0 Å². The molecule has 1 unspecified atom stereocenters. The minimum atomic E-state index is 0. The molecule has 0 aromatic rings. The van der Waals surface area contributed by atoms with Crippen LogP contribution in [0.15, 0.2) is 0 Å². The molecular weight excluding hydrogens is 353 g/mol. The van der Waals surface area contributed by atoms with Crippen molar-refractivity contribution in [2.24, 2.45) is 0 Å². The molecule has 0 bridgehead atoms. The number of hydrogen-bond donors (Lipinski definition) is 0. The van der Waals surface area contributed by atoms with E-state index in [4.69, 9.17) is 0 Å². The monoisotopic (exact) mass is 370 g/mol. The van der Waals surface area contributed by atoms with Gasteiger partial charge in [-0.1, -0.05) is 0 Å². The second-order valence-electron chi connectivity index (χ2n) is 2.09. The van der Waals surface area contributed by atoms with Crippen LogP contribution < -0.4 is 0 Å². The summed E-state index contributed by atoms with van der Waals surface area (Å²) < 4.78 is 1.21. The molecule has 2 heteroatoms. The second kappa shape index (κ2) is 8.24. The number of hydrogen-bond acceptors (Lipinski definition) is 0. The summed E-state index contributed by atoms with van der Waals surface area (Å²) in [5, 5.41) is 0. The van der Waals surface area contributed by atoms with Gasteiger partial charge in [0.15, 0.2) is 0 Å². The Bertz CT molecular complexity index is 50.9. The largest absolute Gasteiger partial charge is 0 e. The van der Waals surface area contributed by atoms with Gasteiger partial charge in [0.05, 0.1) is 0 Å².